The van der Waals surface area contributed by atoms with Crippen LogP contribution in [0.2, 0.25) is 0 Å². The number of halogens is 2. The predicted molar refractivity (Wildman–Crippen MR) is 50.1 cm³/mol. The number of piperidine rings is 1. The minimum Gasteiger partial charge on any atom is -0.293 e. The molecular weight excluding hydrogens is 186 g/mol. The second-order valence-electron chi connectivity index (χ2n) is 4.05. The van der Waals surface area contributed by atoms with Crippen LogP contribution in [-0.2, 0) is 0 Å². The van der Waals surface area contributed by atoms with Crippen molar-refractivity contribution in [3.8, 4) is 6.07 Å². The van der Waals surface area contributed by atoms with E-state index in [9.17, 15) is 8.78 Å². The van der Waals surface area contributed by atoms with E-state index in [1.54, 1.807) is 4.90 Å². The summed E-state index contributed by atoms with van der Waals surface area (Å²) < 4.78 is 25.6. The molecule has 2 nitrogen and oxygen atoms in total. The molecule has 1 atom stereocenters. The van der Waals surface area contributed by atoms with Crippen LogP contribution in [0.15, 0.2) is 0 Å². The van der Waals surface area contributed by atoms with E-state index in [4.69, 9.17) is 5.26 Å². The van der Waals surface area contributed by atoms with Gasteiger partial charge in [0.15, 0.2) is 0 Å². The van der Waals surface area contributed by atoms with E-state index in [2.05, 4.69) is 6.07 Å². The van der Waals surface area contributed by atoms with Crippen molar-refractivity contribution in [1.82, 2.24) is 4.90 Å². The molecule has 0 aromatic heterocycles. The van der Waals surface area contributed by atoms with Crippen LogP contribution < -0.4 is 0 Å². The Hall–Kier alpha value is -0.690. The summed E-state index contributed by atoms with van der Waals surface area (Å²) >= 11 is 0. The topological polar surface area (TPSA) is 27.0 Å². The Bertz CT molecular complexity index is 217. The van der Waals surface area contributed by atoms with E-state index in [0.29, 0.717) is 13.0 Å². The van der Waals surface area contributed by atoms with E-state index in [0.717, 1.165) is 26.2 Å². The number of nitriles is 1. The van der Waals surface area contributed by atoms with Crippen molar-refractivity contribution in [2.24, 2.45) is 0 Å². The van der Waals surface area contributed by atoms with Crippen LogP contribution in [0.4, 0.5) is 8.78 Å². The van der Waals surface area contributed by atoms with Crippen LogP contribution >= 0.6 is 0 Å². The fourth-order valence-corrected chi connectivity index (χ4v) is 1.96. The first-order chi connectivity index (χ1) is 6.53. The fraction of sp³-hybridized carbons (Fsp3) is 0.900. The van der Waals surface area contributed by atoms with E-state index >= 15 is 0 Å². The third-order valence-corrected chi connectivity index (χ3v) is 2.56. The van der Waals surface area contributed by atoms with Gasteiger partial charge in [0.05, 0.1) is 19.0 Å². The quantitative estimate of drug-likeness (QED) is 0.702. The third kappa shape index (κ3) is 3.59. The number of rotatable bonds is 3. The lowest BCUT2D eigenvalue weighted by atomic mass is 9.99. The lowest BCUT2D eigenvalue weighted by molar-refractivity contribution is -0.0326. The molecule has 1 aliphatic rings. The zero-order chi connectivity index (χ0) is 10.6. The normalized spacial score (nSPS) is 24.6. The number of hydrogen-bond donors (Lipinski definition) is 0. The maximum Gasteiger partial charge on any atom is 0.257 e. The highest BCUT2D eigenvalue weighted by atomic mass is 19.3. The summed E-state index contributed by atoms with van der Waals surface area (Å²) in [7, 11) is 0. The Balaban J connectivity index is 2.50. The molecule has 1 fully saturated rings. The minimum absolute atomic E-state index is 0.0413. The molecule has 80 valence electrons. The van der Waals surface area contributed by atoms with Gasteiger partial charge in [-0.25, -0.2) is 8.78 Å². The predicted octanol–water partition coefficient (Wildman–Crippen LogP) is 2.41. The zero-order valence-electron chi connectivity index (χ0n) is 8.47. The summed E-state index contributed by atoms with van der Waals surface area (Å²) in [6.07, 6.45) is 3.27. The van der Waals surface area contributed by atoms with Crippen LogP contribution in [0.25, 0.3) is 0 Å². The van der Waals surface area contributed by atoms with Crippen molar-refractivity contribution in [2.45, 2.75) is 44.6 Å². The Morgan fingerprint density at radius 3 is 2.79 bits per heavy atom. The molecule has 0 saturated carbocycles. The van der Waals surface area contributed by atoms with Crippen LogP contribution in [0.5, 0.6) is 0 Å². The summed E-state index contributed by atoms with van der Waals surface area (Å²) in [6.45, 7) is 1.43. The lowest BCUT2D eigenvalue weighted by Gasteiger charge is -2.35. The number of nitrogens with zero attached hydrogens (tertiary/aromatic N) is 2. The molecule has 0 bridgehead atoms. The molecule has 0 amide bonds. The average Bonchev–Trinajstić information content (AvgIpc) is 2.06. The van der Waals surface area contributed by atoms with Crippen LogP contribution in [0.3, 0.4) is 0 Å². The molecule has 1 heterocycles. The highest BCUT2D eigenvalue weighted by molar-refractivity contribution is 4.86. The van der Waals surface area contributed by atoms with E-state index < -0.39 is 5.92 Å². The lowest BCUT2D eigenvalue weighted by Crippen LogP contribution is -2.44. The van der Waals surface area contributed by atoms with Crippen LogP contribution in [-0.4, -0.2) is 30.0 Å². The minimum atomic E-state index is -2.65. The Morgan fingerprint density at radius 1 is 1.50 bits per heavy atom. The summed E-state index contributed by atoms with van der Waals surface area (Å²) in [4.78, 5) is 1.76. The molecule has 1 saturated heterocycles. The first kappa shape index (κ1) is 11.4. The molecule has 4 heteroatoms. The molecule has 0 aliphatic carbocycles. The van der Waals surface area contributed by atoms with Gasteiger partial charge >= 0.3 is 0 Å². The average molecular weight is 202 g/mol. The van der Waals surface area contributed by atoms with E-state index in [-0.39, 0.29) is 12.6 Å². The van der Waals surface area contributed by atoms with Crippen molar-refractivity contribution in [2.75, 3.05) is 13.1 Å². The van der Waals surface area contributed by atoms with Gasteiger partial charge in [-0.3, -0.25) is 4.90 Å². The second kappa shape index (κ2) is 4.70. The van der Waals surface area contributed by atoms with Crippen LogP contribution in [0, 0.1) is 11.3 Å². The van der Waals surface area contributed by atoms with Crippen LogP contribution in [0.1, 0.15) is 32.6 Å². The summed E-state index contributed by atoms with van der Waals surface area (Å²) in [5, 5.41) is 8.57. The molecular formula is C10H16F2N2. The Morgan fingerprint density at radius 2 is 2.21 bits per heavy atom. The van der Waals surface area contributed by atoms with Gasteiger partial charge < -0.3 is 0 Å². The standard InChI is InChI=1S/C10H16F2N2/c1-10(11,12)8-14-7-3-2-4-9(14)5-6-13/h9H,2-5,7-8H2,1H3. The molecule has 0 radical (unpaired) electrons. The number of likely N-dealkylation sites (tertiary alicyclic amines) is 1. The SMILES string of the molecule is CC(F)(F)CN1CCCCC1CC#N. The molecule has 14 heavy (non-hydrogen) atoms. The largest absolute Gasteiger partial charge is 0.293 e. The summed E-state index contributed by atoms with van der Waals surface area (Å²) in [5.41, 5.74) is 0. The van der Waals surface area contributed by atoms with Gasteiger partial charge in [-0.1, -0.05) is 6.42 Å². The zero-order valence-corrected chi connectivity index (χ0v) is 8.47. The van der Waals surface area contributed by atoms with Gasteiger partial charge in [0.1, 0.15) is 0 Å². The molecule has 1 rings (SSSR count). The van der Waals surface area contributed by atoms with Crippen molar-refractivity contribution >= 4 is 0 Å². The smallest absolute Gasteiger partial charge is 0.257 e. The Kier molecular flexibility index (Phi) is 3.82. The fourth-order valence-electron chi connectivity index (χ4n) is 1.96. The maximum absolute atomic E-state index is 12.8. The molecule has 0 N–H and O–H groups in total. The van der Waals surface area contributed by atoms with Gasteiger partial charge in [0.25, 0.3) is 5.92 Å². The summed E-state index contributed by atoms with van der Waals surface area (Å²) in [6, 6.07) is 2.11. The molecule has 0 aromatic rings. The molecule has 0 spiro atoms. The molecule has 0 aromatic carbocycles. The first-order valence-electron chi connectivity index (χ1n) is 5.02. The van der Waals surface area contributed by atoms with Gasteiger partial charge in [-0.05, 0) is 19.4 Å². The van der Waals surface area contributed by atoms with Crippen molar-refractivity contribution in [3.05, 3.63) is 0 Å². The second-order valence-corrected chi connectivity index (χ2v) is 4.05. The van der Waals surface area contributed by atoms with Gasteiger partial charge in [-0.2, -0.15) is 5.26 Å². The van der Waals surface area contributed by atoms with E-state index in [1.165, 1.54) is 0 Å². The summed E-state index contributed by atoms with van der Waals surface area (Å²) in [5.74, 6) is -2.65. The van der Waals surface area contributed by atoms with Crippen molar-refractivity contribution in [1.29, 1.82) is 5.26 Å². The molecule has 1 unspecified atom stereocenters. The van der Waals surface area contributed by atoms with Crippen molar-refractivity contribution in [3.63, 3.8) is 0 Å². The number of alkyl halides is 2. The molecule has 1 aliphatic heterocycles. The highest BCUT2D eigenvalue weighted by Gasteiger charge is 2.30. The first-order valence-corrected chi connectivity index (χ1v) is 5.02. The van der Waals surface area contributed by atoms with E-state index in [1.807, 2.05) is 0 Å². The van der Waals surface area contributed by atoms with Gasteiger partial charge in [0.2, 0.25) is 0 Å². The van der Waals surface area contributed by atoms with Gasteiger partial charge in [0, 0.05) is 13.0 Å². The highest BCUT2D eigenvalue weighted by Crippen LogP contribution is 2.23. The Labute approximate surface area is 83.5 Å². The maximum atomic E-state index is 12.8. The van der Waals surface area contributed by atoms with Crippen molar-refractivity contribution < 1.29 is 8.78 Å². The van der Waals surface area contributed by atoms with Gasteiger partial charge in [-0.15, -0.1) is 0 Å². The third-order valence-electron chi connectivity index (χ3n) is 2.56. The number of hydrogen-bond acceptors (Lipinski definition) is 2. The monoisotopic (exact) mass is 202 g/mol.